The highest BCUT2D eigenvalue weighted by molar-refractivity contribution is 7.14. The molecule has 2 heterocycles. The summed E-state index contributed by atoms with van der Waals surface area (Å²) in [6.45, 7) is 6.63. The molecule has 2 unspecified atom stereocenters. The number of rotatable bonds is 3. The van der Waals surface area contributed by atoms with Crippen molar-refractivity contribution in [3.63, 3.8) is 0 Å². The van der Waals surface area contributed by atoms with E-state index in [1.54, 1.807) is 11.3 Å². The van der Waals surface area contributed by atoms with Crippen LogP contribution in [0.3, 0.4) is 0 Å². The zero-order valence-electron chi connectivity index (χ0n) is 12.3. The molecule has 1 saturated heterocycles. The standard InChI is InChI=1S/C15H22N2O2S/c1-4-12-9(2)7-13(20-12)15(19)17-8-11(14(16)18)6-5-10(17)3/h7,10-11H,4-6,8H2,1-3H3,(H2,16,18). The predicted molar refractivity (Wildman–Crippen MR) is 80.9 cm³/mol. The van der Waals surface area contributed by atoms with Gasteiger partial charge in [0.05, 0.1) is 10.8 Å². The number of primary amides is 1. The van der Waals surface area contributed by atoms with Gasteiger partial charge in [-0.25, -0.2) is 0 Å². The molecule has 1 aliphatic rings. The molecule has 2 amide bonds. The van der Waals surface area contributed by atoms with Gasteiger partial charge in [0.25, 0.3) is 5.91 Å². The molecule has 1 aromatic rings. The first-order valence-electron chi connectivity index (χ1n) is 7.13. The van der Waals surface area contributed by atoms with Gasteiger partial charge in [0.2, 0.25) is 5.91 Å². The molecule has 2 atom stereocenters. The Morgan fingerprint density at radius 2 is 2.15 bits per heavy atom. The topological polar surface area (TPSA) is 63.4 Å². The molecule has 20 heavy (non-hydrogen) atoms. The van der Waals surface area contributed by atoms with Crippen LogP contribution in [0.4, 0.5) is 0 Å². The van der Waals surface area contributed by atoms with Gasteiger partial charge in [-0.1, -0.05) is 6.92 Å². The van der Waals surface area contributed by atoms with Crippen molar-refractivity contribution in [3.8, 4) is 0 Å². The van der Waals surface area contributed by atoms with Crippen molar-refractivity contribution >= 4 is 23.2 Å². The van der Waals surface area contributed by atoms with Crippen LogP contribution >= 0.6 is 11.3 Å². The van der Waals surface area contributed by atoms with E-state index in [0.717, 1.165) is 24.1 Å². The van der Waals surface area contributed by atoms with Crippen LogP contribution in [0, 0.1) is 12.8 Å². The van der Waals surface area contributed by atoms with Gasteiger partial charge in [0.15, 0.2) is 0 Å². The fourth-order valence-corrected chi connectivity index (χ4v) is 3.81. The molecule has 1 fully saturated rings. The van der Waals surface area contributed by atoms with Crippen molar-refractivity contribution in [2.75, 3.05) is 6.54 Å². The highest BCUT2D eigenvalue weighted by Crippen LogP contribution is 2.28. The predicted octanol–water partition coefficient (Wildman–Crippen LogP) is 2.34. The second kappa shape index (κ2) is 5.95. The second-order valence-electron chi connectivity index (χ2n) is 5.55. The van der Waals surface area contributed by atoms with E-state index < -0.39 is 0 Å². The molecule has 0 aromatic carbocycles. The SMILES string of the molecule is CCc1sc(C(=O)N2CC(C(N)=O)CCC2C)cc1C. The Morgan fingerprint density at radius 3 is 2.70 bits per heavy atom. The first-order valence-corrected chi connectivity index (χ1v) is 7.95. The molecule has 2 N–H and O–H groups in total. The Hall–Kier alpha value is -1.36. The zero-order valence-corrected chi connectivity index (χ0v) is 13.1. The molecule has 2 rings (SSSR count). The van der Waals surface area contributed by atoms with Crippen LogP contribution in [0.15, 0.2) is 6.07 Å². The van der Waals surface area contributed by atoms with Gasteiger partial charge in [-0.15, -0.1) is 11.3 Å². The van der Waals surface area contributed by atoms with Gasteiger partial charge in [-0.3, -0.25) is 9.59 Å². The van der Waals surface area contributed by atoms with Crippen LogP contribution in [0.2, 0.25) is 0 Å². The lowest BCUT2D eigenvalue weighted by Crippen LogP contribution is -2.48. The summed E-state index contributed by atoms with van der Waals surface area (Å²) in [4.78, 5) is 27.8. The lowest BCUT2D eigenvalue weighted by molar-refractivity contribution is -0.123. The number of amides is 2. The summed E-state index contributed by atoms with van der Waals surface area (Å²) in [5, 5.41) is 0. The van der Waals surface area contributed by atoms with Crippen molar-refractivity contribution in [2.45, 2.75) is 46.1 Å². The van der Waals surface area contributed by atoms with E-state index >= 15 is 0 Å². The number of nitrogens with zero attached hydrogens (tertiary/aromatic N) is 1. The molecular formula is C15H22N2O2S. The largest absolute Gasteiger partial charge is 0.369 e. The second-order valence-corrected chi connectivity index (χ2v) is 6.69. The van der Waals surface area contributed by atoms with E-state index in [9.17, 15) is 9.59 Å². The number of aryl methyl sites for hydroxylation is 2. The van der Waals surface area contributed by atoms with E-state index in [0.29, 0.717) is 6.54 Å². The molecule has 0 saturated carbocycles. The molecule has 4 nitrogen and oxygen atoms in total. The van der Waals surface area contributed by atoms with Crippen LogP contribution in [0.25, 0.3) is 0 Å². The van der Waals surface area contributed by atoms with Gasteiger partial charge in [-0.05, 0) is 44.7 Å². The maximum absolute atomic E-state index is 12.6. The summed E-state index contributed by atoms with van der Waals surface area (Å²) in [6.07, 6.45) is 2.57. The third-order valence-corrected chi connectivity index (χ3v) is 5.47. The van der Waals surface area contributed by atoms with E-state index in [1.165, 1.54) is 10.4 Å². The summed E-state index contributed by atoms with van der Waals surface area (Å²) < 4.78 is 0. The number of piperidine rings is 1. The van der Waals surface area contributed by atoms with E-state index in [4.69, 9.17) is 5.73 Å². The normalized spacial score (nSPS) is 22.9. The maximum Gasteiger partial charge on any atom is 0.264 e. The Kier molecular flexibility index (Phi) is 4.48. The Bertz CT molecular complexity index is 524. The smallest absolute Gasteiger partial charge is 0.264 e. The van der Waals surface area contributed by atoms with Gasteiger partial charge in [-0.2, -0.15) is 0 Å². The van der Waals surface area contributed by atoms with Crippen LogP contribution in [0.5, 0.6) is 0 Å². The number of hydrogen-bond donors (Lipinski definition) is 1. The Morgan fingerprint density at radius 1 is 1.45 bits per heavy atom. The fraction of sp³-hybridized carbons (Fsp3) is 0.600. The lowest BCUT2D eigenvalue weighted by Gasteiger charge is -2.36. The molecule has 0 aliphatic carbocycles. The quantitative estimate of drug-likeness (QED) is 0.930. The summed E-state index contributed by atoms with van der Waals surface area (Å²) >= 11 is 1.57. The van der Waals surface area contributed by atoms with Crippen LogP contribution < -0.4 is 5.73 Å². The molecule has 5 heteroatoms. The fourth-order valence-electron chi connectivity index (χ4n) is 2.74. The van der Waals surface area contributed by atoms with Crippen LogP contribution in [0.1, 0.15) is 46.8 Å². The minimum atomic E-state index is -0.300. The molecule has 0 radical (unpaired) electrons. The number of likely N-dealkylation sites (tertiary alicyclic amines) is 1. The van der Waals surface area contributed by atoms with Gasteiger partial charge >= 0.3 is 0 Å². The molecule has 0 spiro atoms. The number of carbonyl (C=O) groups excluding carboxylic acids is 2. The first-order chi connectivity index (χ1) is 9.43. The first kappa shape index (κ1) is 15.0. The van der Waals surface area contributed by atoms with Crippen LogP contribution in [-0.2, 0) is 11.2 Å². The third kappa shape index (κ3) is 2.87. The average molecular weight is 294 g/mol. The molecule has 1 aromatic heterocycles. The van der Waals surface area contributed by atoms with Gasteiger partial charge < -0.3 is 10.6 Å². The van der Waals surface area contributed by atoms with E-state index in [-0.39, 0.29) is 23.8 Å². The molecule has 1 aliphatic heterocycles. The zero-order chi connectivity index (χ0) is 14.9. The minimum absolute atomic E-state index is 0.0382. The highest BCUT2D eigenvalue weighted by Gasteiger charge is 2.32. The average Bonchev–Trinajstić information content (AvgIpc) is 2.79. The van der Waals surface area contributed by atoms with Crippen molar-refractivity contribution in [2.24, 2.45) is 11.7 Å². The summed E-state index contributed by atoms with van der Waals surface area (Å²) in [5.41, 5.74) is 6.57. The Balaban J connectivity index is 2.19. The van der Waals surface area contributed by atoms with Gasteiger partial charge in [0, 0.05) is 17.5 Å². The highest BCUT2D eigenvalue weighted by atomic mass is 32.1. The summed E-state index contributed by atoms with van der Waals surface area (Å²) in [7, 11) is 0. The van der Waals surface area contributed by atoms with Crippen molar-refractivity contribution in [3.05, 3.63) is 21.4 Å². The van der Waals surface area contributed by atoms with Crippen molar-refractivity contribution in [1.82, 2.24) is 4.90 Å². The van der Waals surface area contributed by atoms with Gasteiger partial charge in [0.1, 0.15) is 0 Å². The third-order valence-electron chi connectivity index (χ3n) is 4.10. The molecular weight excluding hydrogens is 272 g/mol. The monoisotopic (exact) mass is 294 g/mol. The Labute approximate surface area is 124 Å². The number of thiophene rings is 1. The summed E-state index contributed by atoms with van der Waals surface area (Å²) in [5.74, 6) is -0.468. The number of hydrogen-bond acceptors (Lipinski definition) is 3. The molecule has 0 bridgehead atoms. The van der Waals surface area contributed by atoms with Crippen molar-refractivity contribution in [1.29, 1.82) is 0 Å². The van der Waals surface area contributed by atoms with E-state index in [1.807, 2.05) is 24.8 Å². The van der Waals surface area contributed by atoms with Crippen molar-refractivity contribution < 1.29 is 9.59 Å². The molecule has 110 valence electrons. The maximum atomic E-state index is 12.6. The minimum Gasteiger partial charge on any atom is -0.369 e. The van der Waals surface area contributed by atoms with Crippen LogP contribution in [-0.4, -0.2) is 29.3 Å². The summed E-state index contributed by atoms with van der Waals surface area (Å²) in [6, 6.07) is 2.14. The number of carbonyl (C=O) groups is 2. The number of nitrogens with two attached hydrogens (primary N) is 1. The lowest BCUT2D eigenvalue weighted by atomic mass is 9.93. The van der Waals surface area contributed by atoms with E-state index in [2.05, 4.69) is 6.92 Å².